The summed E-state index contributed by atoms with van der Waals surface area (Å²) in [5.74, 6) is 0.577. The molecule has 7 heteroatoms. The second-order valence-electron chi connectivity index (χ2n) is 6.85. The molecule has 24 heavy (non-hydrogen) atoms. The van der Waals surface area contributed by atoms with Gasteiger partial charge in [0.15, 0.2) is 0 Å². The molecular formula is C17H25N3O4. The summed E-state index contributed by atoms with van der Waals surface area (Å²) in [5, 5.41) is 2.70. The van der Waals surface area contributed by atoms with Crippen LogP contribution in [0.25, 0.3) is 0 Å². The number of ether oxygens (including phenoxy) is 2. The van der Waals surface area contributed by atoms with Crippen LogP contribution in [0.3, 0.4) is 0 Å². The molecule has 2 heterocycles. The number of likely N-dealkylation sites (tertiary alicyclic amines) is 1. The number of carbonyl (C=O) groups excluding carboxylic acids is 2. The standard InChI is InChI=1S/C17H25N3O4/c1-12(21)19-10-13-9-14(5-7-18-13)23-15-6-8-20(11-15)16(22)24-17(2,3)4/h5,7,9,15H,6,8,10-11H2,1-4H3,(H,19,21). The highest BCUT2D eigenvalue weighted by atomic mass is 16.6. The molecule has 0 radical (unpaired) electrons. The minimum Gasteiger partial charge on any atom is -0.488 e. The Labute approximate surface area is 142 Å². The van der Waals surface area contributed by atoms with Crippen LogP contribution in [0.2, 0.25) is 0 Å². The molecule has 0 aromatic carbocycles. The zero-order valence-corrected chi connectivity index (χ0v) is 14.7. The highest BCUT2D eigenvalue weighted by Gasteiger charge is 2.30. The lowest BCUT2D eigenvalue weighted by molar-refractivity contribution is -0.119. The number of nitrogens with zero attached hydrogens (tertiary/aromatic N) is 2. The van der Waals surface area contributed by atoms with Crippen molar-refractivity contribution in [1.29, 1.82) is 0 Å². The van der Waals surface area contributed by atoms with Crippen molar-refractivity contribution < 1.29 is 19.1 Å². The van der Waals surface area contributed by atoms with Gasteiger partial charge in [-0.25, -0.2) is 4.79 Å². The van der Waals surface area contributed by atoms with E-state index in [1.807, 2.05) is 20.8 Å². The third-order valence-electron chi connectivity index (χ3n) is 3.41. The molecule has 1 aromatic rings. The van der Waals surface area contributed by atoms with Gasteiger partial charge in [-0.05, 0) is 26.8 Å². The summed E-state index contributed by atoms with van der Waals surface area (Å²) < 4.78 is 11.3. The number of pyridine rings is 1. The van der Waals surface area contributed by atoms with Crippen LogP contribution in [-0.2, 0) is 16.1 Å². The molecule has 1 aliphatic heterocycles. The smallest absolute Gasteiger partial charge is 0.410 e. The topological polar surface area (TPSA) is 80.8 Å². The van der Waals surface area contributed by atoms with Crippen LogP contribution in [0.15, 0.2) is 18.3 Å². The first kappa shape index (κ1) is 18.0. The number of hydrogen-bond acceptors (Lipinski definition) is 5. The van der Waals surface area contributed by atoms with Crippen LogP contribution in [0.4, 0.5) is 4.79 Å². The van der Waals surface area contributed by atoms with E-state index in [0.29, 0.717) is 25.4 Å². The molecule has 1 fully saturated rings. The zero-order valence-electron chi connectivity index (χ0n) is 14.7. The van der Waals surface area contributed by atoms with E-state index in [9.17, 15) is 9.59 Å². The van der Waals surface area contributed by atoms with Crippen LogP contribution >= 0.6 is 0 Å². The van der Waals surface area contributed by atoms with Gasteiger partial charge in [0, 0.05) is 32.2 Å². The lowest BCUT2D eigenvalue weighted by Crippen LogP contribution is -2.36. The van der Waals surface area contributed by atoms with Gasteiger partial charge in [-0.2, -0.15) is 0 Å². The molecule has 0 spiro atoms. The van der Waals surface area contributed by atoms with Gasteiger partial charge in [-0.3, -0.25) is 9.78 Å². The van der Waals surface area contributed by atoms with E-state index < -0.39 is 5.60 Å². The van der Waals surface area contributed by atoms with Crippen molar-refractivity contribution in [1.82, 2.24) is 15.2 Å². The quantitative estimate of drug-likeness (QED) is 0.911. The molecule has 1 unspecified atom stereocenters. The van der Waals surface area contributed by atoms with E-state index in [4.69, 9.17) is 9.47 Å². The predicted molar refractivity (Wildman–Crippen MR) is 88.6 cm³/mol. The number of aromatic nitrogens is 1. The second-order valence-corrected chi connectivity index (χ2v) is 6.85. The molecule has 1 N–H and O–H groups in total. The van der Waals surface area contributed by atoms with Crippen molar-refractivity contribution in [2.24, 2.45) is 0 Å². The van der Waals surface area contributed by atoms with E-state index >= 15 is 0 Å². The normalized spacial score (nSPS) is 17.5. The Kier molecular flexibility index (Phi) is 5.64. The SMILES string of the molecule is CC(=O)NCc1cc(OC2CCN(C(=O)OC(C)(C)C)C2)ccn1. The van der Waals surface area contributed by atoms with Crippen molar-refractivity contribution in [2.45, 2.75) is 52.4 Å². The molecule has 7 nitrogen and oxygen atoms in total. The van der Waals surface area contributed by atoms with Crippen LogP contribution in [-0.4, -0.2) is 46.7 Å². The average Bonchev–Trinajstić information content (AvgIpc) is 2.92. The zero-order chi connectivity index (χ0) is 17.7. The second kappa shape index (κ2) is 7.51. The predicted octanol–water partition coefficient (Wildman–Crippen LogP) is 2.11. The summed E-state index contributed by atoms with van der Waals surface area (Å²) in [4.78, 5) is 28.9. The number of carbonyl (C=O) groups is 2. The van der Waals surface area contributed by atoms with Crippen molar-refractivity contribution >= 4 is 12.0 Å². The molecule has 1 atom stereocenters. The monoisotopic (exact) mass is 335 g/mol. The summed E-state index contributed by atoms with van der Waals surface area (Å²) in [7, 11) is 0. The number of rotatable bonds is 4. The van der Waals surface area contributed by atoms with Gasteiger partial charge in [0.2, 0.25) is 5.91 Å². The van der Waals surface area contributed by atoms with E-state index in [-0.39, 0.29) is 18.1 Å². The minimum absolute atomic E-state index is 0.0754. The Hall–Kier alpha value is -2.31. The van der Waals surface area contributed by atoms with Gasteiger partial charge < -0.3 is 19.7 Å². The van der Waals surface area contributed by atoms with Gasteiger partial charge in [0.05, 0.1) is 18.8 Å². The molecule has 0 saturated carbocycles. The third kappa shape index (κ3) is 5.72. The summed E-state index contributed by atoms with van der Waals surface area (Å²) >= 11 is 0. The molecule has 0 aliphatic carbocycles. The number of amides is 2. The Morgan fingerprint density at radius 3 is 2.83 bits per heavy atom. The van der Waals surface area contributed by atoms with Crippen LogP contribution in [0.1, 0.15) is 39.8 Å². The van der Waals surface area contributed by atoms with Gasteiger partial charge in [0.1, 0.15) is 17.5 Å². The van der Waals surface area contributed by atoms with Crippen LogP contribution in [0, 0.1) is 0 Å². The van der Waals surface area contributed by atoms with Crippen molar-refractivity contribution in [2.75, 3.05) is 13.1 Å². The summed E-state index contributed by atoms with van der Waals surface area (Å²) in [6.07, 6.45) is 2.01. The fraction of sp³-hybridized carbons (Fsp3) is 0.588. The molecular weight excluding hydrogens is 310 g/mol. The Balaban J connectivity index is 1.88. The first-order chi connectivity index (χ1) is 11.2. The van der Waals surface area contributed by atoms with Gasteiger partial charge >= 0.3 is 6.09 Å². The Morgan fingerprint density at radius 2 is 2.17 bits per heavy atom. The summed E-state index contributed by atoms with van der Waals surface area (Å²) in [5.41, 5.74) is 0.226. The third-order valence-corrected chi connectivity index (χ3v) is 3.41. The first-order valence-electron chi connectivity index (χ1n) is 8.07. The molecule has 1 aliphatic rings. The number of nitrogens with one attached hydrogen (secondary N) is 1. The highest BCUT2D eigenvalue weighted by Crippen LogP contribution is 2.20. The van der Waals surface area contributed by atoms with Gasteiger partial charge in [0.25, 0.3) is 0 Å². The molecule has 2 amide bonds. The van der Waals surface area contributed by atoms with Gasteiger partial charge in [-0.1, -0.05) is 0 Å². The molecule has 1 saturated heterocycles. The maximum absolute atomic E-state index is 12.1. The van der Waals surface area contributed by atoms with E-state index in [2.05, 4.69) is 10.3 Å². The molecule has 2 rings (SSSR count). The fourth-order valence-corrected chi connectivity index (χ4v) is 2.35. The fourth-order valence-electron chi connectivity index (χ4n) is 2.35. The minimum atomic E-state index is -0.500. The first-order valence-corrected chi connectivity index (χ1v) is 8.07. The lowest BCUT2D eigenvalue weighted by atomic mass is 10.2. The number of hydrogen-bond donors (Lipinski definition) is 1. The Morgan fingerprint density at radius 1 is 1.42 bits per heavy atom. The maximum atomic E-state index is 12.1. The van der Waals surface area contributed by atoms with Crippen LogP contribution in [0.5, 0.6) is 5.75 Å². The van der Waals surface area contributed by atoms with Crippen LogP contribution < -0.4 is 10.1 Å². The molecule has 132 valence electrons. The summed E-state index contributed by atoms with van der Waals surface area (Å²) in [6.45, 7) is 8.49. The maximum Gasteiger partial charge on any atom is 0.410 e. The molecule has 1 aromatic heterocycles. The molecule has 0 bridgehead atoms. The van der Waals surface area contributed by atoms with E-state index in [0.717, 1.165) is 12.1 Å². The Bertz CT molecular complexity index is 598. The average molecular weight is 335 g/mol. The van der Waals surface area contributed by atoms with Gasteiger partial charge in [-0.15, -0.1) is 0 Å². The van der Waals surface area contributed by atoms with E-state index in [1.54, 1.807) is 23.2 Å². The lowest BCUT2D eigenvalue weighted by Gasteiger charge is -2.24. The van der Waals surface area contributed by atoms with E-state index in [1.165, 1.54) is 6.92 Å². The largest absolute Gasteiger partial charge is 0.488 e. The summed E-state index contributed by atoms with van der Waals surface area (Å²) in [6, 6.07) is 3.57. The van der Waals surface area contributed by atoms with Crippen molar-refractivity contribution in [3.8, 4) is 5.75 Å². The van der Waals surface area contributed by atoms with Crippen molar-refractivity contribution in [3.05, 3.63) is 24.0 Å². The van der Waals surface area contributed by atoms with Crippen molar-refractivity contribution in [3.63, 3.8) is 0 Å². The highest BCUT2D eigenvalue weighted by molar-refractivity contribution is 5.72.